The van der Waals surface area contributed by atoms with Crippen molar-refractivity contribution >= 4 is 70.9 Å². The predicted octanol–water partition coefficient (Wildman–Crippen LogP) is 3.60. The Morgan fingerprint density at radius 1 is 0.515 bits per heavy atom. The highest BCUT2D eigenvalue weighted by Gasteiger charge is 2.47. The summed E-state index contributed by atoms with van der Waals surface area (Å²) in [5.74, 6) is -10.8. The van der Waals surface area contributed by atoms with E-state index in [2.05, 4.69) is 32.7 Å². The smallest absolute Gasteiger partial charge is 0.248 e. The average Bonchev–Trinajstić information content (AvgIpc) is 0.804. The van der Waals surface area contributed by atoms with Gasteiger partial charge in [-0.1, -0.05) is 109 Å². The molecule has 0 aromatic carbocycles. The summed E-state index contributed by atoms with van der Waals surface area (Å²) in [6.45, 7) is 36.8. The Labute approximate surface area is 591 Å². The highest BCUT2D eigenvalue weighted by Crippen LogP contribution is 2.28. The number of carbonyl (C=O) groups is 12. The van der Waals surface area contributed by atoms with E-state index in [1.54, 1.807) is 53.4 Å². The van der Waals surface area contributed by atoms with Crippen LogP contribution < -0.4 is 21.3 Å². The number of nitrogens with one attached hydrogen (secondary N) is 4. The Morgan fingerprint density at radius 3 is 1.46 bits per heavy atom. The van der Waals surface area contributed by atoms with E-state index >= 15 is 33.6 Å². The number of hydrogen-bond donors (Lipinski definition) is 4. The number of piperazine rings is 1. The zero-order chi connectivity index (χ0) is 76.1. The van der Waals surface area contributed by atoms with Gasteiger partial charge in [0, 0.05) is 81.4 Å². The molecular weight excluding hydrogens is 1270 g/mol. The van der Waals surface area contributed by atoms with Crippen LogP contribution in [-0.2, 0) is 67.0 Å². The normalized spacial score (nSPS) is 26.9. The molecule has 99 heavy (non-hydrogen) atoms. The predicted molar refractivity (Wildman–Crippen MR) is 381 cm³/mol. The van der Waals surface area contributed by atoms with Crippen LogP contribution in [0, 0.1) is 41.4 Å². The summed E-state index contributed by atoms with van der Waals surface area (Å²) in [5, 5.41) is 11.2. The summed E-state index contributed by atoms with van der Waals surface area (Å²) in [4.78, 5) is 191. The lowest BCUT2D eigenvalue weighted by molar-refractivity contribution is -0.158. The summed E-state index contributed by atoms with van der Waals surface area (Å²) >= 11 is 0. The van der Waals surface area contributed by atoms with Crippen molar-refractivity contribution < 1.29 is 67.0 Å². The number of ether oxygens (including phenoxy) is 2. The monoisotopic (exact) mass is 1400 g/mol. The molecule has 2 aliphatic heterocycles. The van der Waals surface area contributed by atoms with Gasteiger partial charge in [-0.05, 0) is 109 Å². The van der Waals surface area contributed by atoms with Gasteiger partial charge in [-0.3, -0.25) is 57.5 Å². The molecule has 2 heterocycles. The first kappa shape index (κ1) is 87.9. The van der Waals surface area contributed by atoms with Crippen LogP contribution in [0.2, 0.25) is 0 Å². The molecule has 2 aliphatic rings. The Hall–Kier alpha value is -7.16. The summed E-state index contributed by atoms with van der Waals surface area (Å²) in [5.41, 5.74) is 0. The third-order valence-corrected chi connectivity index (χ3v) is 19.1. The zero-order valence-electron chi connectivity index (χ0n) is 64.9. The second-order valence-electron chi connectivity index (χ2n) is 29.7. The molecule has 0 aliphatic carbocycles. The fourth-order valence-electron chi connectivity index (χ4n) is 12.8. The van der Waals surface area contributed by atoms with Crippen LogP contribution in [0.3, 0.4) is 0 Å². The maximum Gasteiger partial charge on any atom is 0.248 e. The molecule has 2 fully saturated rings. The lowest BCUT2D eigenvalue weighted by Gasteiger charge is -2.42. The largest absolute Gasteiger partial charge is 0.493 e. The molecule has 0 aromatic rings. The Balaban J connectivity index is 3.11. The molecule has 27 heteroatoms. The minimum absolute atomic E-state index is 0.00837. The van der Waals surface area contributed by atoms with Gasteiger partial charge in [0.05, 0.1) is 12.4 Å². The Bertz CT molecular complexity index is 2810. The van der Waals surface area contributed by atoms with Crippen molar-refractivity contribution in [3.8, 4) is 0 Å². The molecule has 12 amide bonds. The van der Waals surface area contributed by atoms with Crippen LogP contribution in [0.1, 0.15) is 157 Å². The standard InChI is InChI=1S/C72H127N13O14/c1-28-30-31-47(15)61(99-46(13)14)60-65(90)75-52(29-2)68(93)78(21)51(19)67(92)83(26)59(48(16)39-98-40-56(86)85-34-32-77(20)33-35-85)64(89)76-57(44(9)10)71(96)79(22)53(36-41(3)4)63(88)73-49(17)62(87)74-50(18)66(91)80(23)54(37-42(5)6)69(94)81(24)55(38-43(7)8)70(95)82(25)58(45(11)12)72(97)84(60)27/h28,30,41-45,47-55,57-61H,13,29,31-40H2,1-12,14-27H3,(H,73,88)(H,74,87)(H,75,90)(H,76,89)/b30-28+/t47-,48-,49+,50-,51-,52+,53+,54+,55+,57+,58+,59+,60+,61-/m1/s1. The second-order valence-corrected chi connectivity index (χ2v) is 29.7. The SMILES string of the molecule is C=C(C)O[C@H]([C@H](C)C/C=C/C)[C@H]1C(=O)N[C@@H](CC)C(=O)N(C)[C@H](C)C(=O)N(C)[C@@H]([C@H](C)COCC(=O)N2CCN(C)CC2)C(=O)N[C@@H](C(C)C)C(=O)N(C)[C@@H](CC(C)C)C(=O)N[C@@H](C)C(=O)N[C@H](C)C(=O)N(C)[C@@H](CC(C)C)C(=O)N(C)[C@@H](CC(C)C)C(=O)N(C)[C@@H](C(C)C)C(=O)N1C. The summed E-state index contributed by atoms with van der Waals surface area (Å²) in [6, 6.07) is -14.2. The van der Waals surface area contributed by atoms with E-state index in [0.29, 0.717) is 32.6 Å². The van der Waals surface area contributed by atoms with Crippen LogP contribution in [0.4, 0.5) is 0 Å². The van der Waals surface area contributed by atoms with Crippen LogP contribution in [0.25, 0.3) is 0 Å². The lowest BCUT2D eigenvalue weighted by Crippen LogP contribution is -2.64. The number of hydrogen-bond acceptors (Lipinski definition) is 15. The number of likely N-dealkylation sites (N-methyl/N-ethyl adjacent to an activating group) is 8. The fraction of sp³-hybridized carbons (Fsp3) is 0.778. The lowest BCUT2D eigenvalue weighted by atomic mass is 9.91. The van der Waals surface area contributed by atoms with Gasteiger partial charge in [-0.2, -0.15) is 0 Å². The molecule has 14 atom stereocenters. The molecule has 0 radical (unpaired) electrons. The van der Waals surface area contributed by atoms with Gasteiger partial charge in [-0.15, -0.1) is 0 Å². The molecule has 27 nitrogen and oxygen atoms in total. The Kier molecular flexibility index (Phi) is 35.8. The van der Waals surface area contributed by atoms with Crippen molar-refractivity contribution in [3.05, 3.63) is 24.5 Å². The minimum Gasteiger partial charge on any atom is -0.493 e. The first-order chi connectivity index (χ1) is 45.9. The van der Waals surface area contributed by atoms with Gasteiger partial charge in [0.2, 0.25) is 70.9 Å². The van der Waals surface area contributed by atoms with Crippen molar-refractivity contribution in [2.24, 2.45) is 41.4 Å². The van der Waals surface area contributed by atoms with Gasteiger partial charge in [0.25, 0.3) is 0 Å². The molecule has 0 bridgehead atoms. The van der Waals surface area contributed by atoms with Crippen LogP contribution in [-0.4, -0.2) is 283 Å². The molecule has 0 spiro atoms. The Morgan fingerprint density at radius 2 is 0.980 bits per heavy atom. The van der Waals surface area contributed by atoms with Crippen LogP contribution >= 0.6 is 0 Å². The zero-order valence-corrected chi connectivity index (χ0v) is 64.9. The second kappa shape index (κ2) is 40.3. The quantitative estimate of drug-likeness (QED) is 0.100. The molecule has 564 valence electrons. The first-order valence-corrected chi connectivity index (χ1v) is 35.5. The van der Waals surface area contributed by atoms with Crippen molar-refractivity contribution in [1.29, 1.82) is 0 Å². The third-order valence-electron chi connectivity index (χ3n) is 19.1. The number of allylic oxidation sites excluding steroid dienone is 3. The van der Waals surface area contributed by atoms with Crippen LogP contribution in [0.5, 0.6) is 0 Å². The number of rotatable bonds is 20. The van der Waals surface area contributed by atoms with Crippen LogP contribution in [0.15, 0.2) is 24.5 Å². The van der Waals surface area contributed by atoms with E-state index in [0.717, 1.165) is 9.80 Å². The number of carbonyl (C=O) groups excluding carboxylic acids is 12. The van der Waals surface area contributed by atoms with Gasteiger partial charge in [0.15, 0.2) is 0 Å². The summed E-state index contributed by atoms with van der Waals surface area (Å²) in [7, 11) is 11.9. The van der Waals surface area contributed by atoms with E-state index in [1.165, 1.54) is 94.6 Å². The number of nitrogens with zero attached hydrogens (tertiary/aromatic N) is 9. The van der Waals surface area contributed by atoms with Gasteiger partial charge in [0.1, 0.15) is 79.2 Å². The maximum absolute atomic E-state index is 15.6. The molecule has 0 aromatic heterocycles. The fourth-order valence-corrected chi connectivity index (χ4v) is 12.8. The molecule has 0 unspecified atom stereocenters. The van der Waals surface area contributed by atoms with E-state index in [-0.39, 0.29) is 68.3 Å². The molecule has 2 saturated heterocycles. The van der Waals surface area contributed by atoms with E-state index in [4.69, 9.17) is 9.47 Å². The van der Waals surface area contributed by atoms with Gasteiger partial charge < -0.3 is 74.8 Å². The van der Waals surface area contributed by atoms with Gasteiger partial charge >= 0.3 is 0 Å². The molecular formula is C72H127N13O14. The summed E-state index contributed by atoms with van der Waals surface area (Å²) < 4.78 is 12.4. The summed E-state index contributed by atoms with van der Waals surface area (Å²) in [6.07, 6.45) is 3.38. The topological polar surface area (TPSA) is 301 Å². The maximum atomic E-state index is 15.6. The average molecular weight is 1400 g/mol. The van der Waals surface area contributed by atoms with Crippen molar-refractivity contribution in [3.63, 3.8) is 0 Å². The first-order valence-electron chi connectivity index (χ1n) is 35.5. The number of amides is 12. The highest BCUT2D eigenvalue weighted by atomic mass is 16.5. The third kappa shape index (κ3) is 24.6. The van der Waals surface area contributed by atoms with Crippen molar-refractivity contribution in [1.82, 2.24) is 65.4 Å². The van der Waals surface area contributed by atoms with E-state index in [1.807, 2.05) is 74.6 Å². The molecule has 0 saturated carbocycles. The molecule has 4 N–H and O–H groups in total. The van der Waals surface area contributed by atoms with E-state index < -0.39 is 161 Å². The van der Waals surface area contributed by atoms with Crippen molar-refractivity contribution in [2.45, 2.75) is 229 Å². The van der Waals surface area contributed by atoms with Gasteiger partial charge in [-0.25, -0.2) is 0 Å². The van der Waals surface area contributed by atoms with Crippen molar-refractivity contribution in [2.75, 3.05) is 95.8 Å². The highest BCUT2D eigenvalue weighted by molar-refractivity contribution is 6.00. The minimum atomic E-state index is -1.50. The van der Waals surface area contributed by atoms with E-state index in [9.17, 15) is 24.0 Å². The molecule has 2 rings (SSSR count).